The number of nitrogens with zero attached hydrogens (tertiary/aromatic N) is 4. The highest BCUT2D eigenvalue weighted by Gasteiger charge is 2.36. The standard InChI is InChI=1S/C24H17F6N5O/c1-35(2)22(36)14-9-17(24(28,29)30)21(33-11-14)13-3-5-16-18(7-8-31-19(16)10-13)34-20-6-4-15(12-32-20)23(25,26)27/h3-12H,1-2H3,(H,31,32,34). The molecule has 3 heterocycles. The first kappa shape index (κ1) is 24.9. The molecule has 0 spiro atoms. The Labute approximate surface area is 200 Å². The number of rotatable bonds is 4. The van der Waals surface area contributed by atoms with Crippen molar-refractivity contribution in [2.45, 2.75) is 12.4 Å². The van der Waals surface area contributed by atoms with Crippen LogP contribution in [0.2, 0.25) is 0 Å². The Bertz CT molecular complexity index is 1430. The third-order valence-electron chi connectivity index (χ3n) is 5.22. The van der Waals surface area contributed by atoms with E-state index in [9.17, 15) is 31.1 Å². The third-order valence-corrected chi connectivity index (χ3v) is 5.22. The van der Waals surface area contributed by atoms with Crippen molar-refractivity contribution in [1.29, 1.82) is 0 Å². The second-order valence-corrected chi connectivity index (χ2v) is 7.96. The molecule has 0 fully saturated rings. The zero-order valence-electron chi connectivity index (χ0n) is 18.7. The molecule has 6 nitrogen and oxygen atoms in total. The van der Waals surface area contributed by atoms with Gasteiger partial charge in [0, 0.05) is 43.6 Å². The van der Waals surface area contributed by atoms with Crippen molar-refractivity contribution in [3.05, 3.63) is 77.7 Å². The number of amides is 1. The van der Waals surface area contributed by atoms with E-state index >= 15 is 0 Å². The molecule has 1 amide bonds. The minimum Gasteiger partial charge on any atom is -0.345 e. The van der Waals surface area contributed by atoms with E-state index in [1.54, 1.807) is 6.07 Å². The minimum atomic E-state index is -4.77. The summed E-state index contributed by atoms with van der Waals surface area (Å²) in [6, 6.07) is 8.71. The molecule has 0 atom stereocenters. The van der Waals surface area contributed by atoms with Gasteiger partial charge in [-0.2, -0.15) is 26.3 Å². The van der Waals surface area contributed by atoms with E-state index in [-0.39, 0.29) is 22.6 Å². The van der Waals surface area contributed by atoms with E-state index in [4.69, 9.17) is 0 Å². The van der Waals surface area contributed by atoms with Gasteiger partial charge in [-0.05, 0) is 30.3 Å². The van der Waals surface area contributed by atoms with Crippen LogP contribution in [-0.2, 0) is 12.4 Å². The number of halogens is 6. The van der Waals surface area contributed by atoms with Crippen LogP contribution in [0, 0.1) is 0 Å². The first-order valence-electron chi connectivity index (χ1n) is 10.3. The van der Waals surface area contributed by atoms with Crippen molar-refractivity contribution in [2.75, 3.05) is 19.4 Å². The quantitative estimate of drug-likeness (QED) is 0.336. The number of benzene rings is 1. The summed E-state index contributed by atoms with van der Waals surface area (Å²) in [4.78, 5) is 25.2. The summed E-state index contributed by atoms with van der Waals surface area (Å²) in [6.45, 7) is 0. The molecular formula is C24H17F6N5O. The van der Waals surface area contributed by atoms with Crippen LogP contribution in [0.3, 0.4) is 0 Å². The molecule has 1 aromatic carbocycles. The molecule has 1 N–H and O–H groups in total. The summed E-state index contributed by atoms with van der Waals surface area (Å²) in [5.74, 6) is -0.478. The molecule has 0 radical (unpaired) electrons. The van der Waals surface area contributed by atoms with E-state index < -0.39 is 29.4 Å². The molecule has 0 aliphatic carbocycles. The van der Waals surface area contributed by atoms with Crippen LogP contribution < -0.4 is 5.32 Å². The van der Waals surface area contributed by atoms with Crippen LogP contribution in [-0.4, -0.2) is 39.9 Å². The predicted molar refractivity (Wildman–Crippen MR) is 121 cm³/mol. The summed E-state index contributed by atoms with van der Waals surface area (Å²) in [5.41, 5.74) is -1.67. The largest absolute Gasteiger partial charge is 0.418 e. The van der Waals surface area contributed by atoms with E-state index in [2.05, 4.69) is 20.3 Å². The second-order valence-electron chi connectivity index (χ2n) is 7.96. The highest BCUT2D eigenvalue weighted by Crippen LogP contribution is 2.38. The molecule has 0 saturated heterocycles. The molecule has 4 rings (SSSR count). The number of hydrogen-bond donors (Lipinski definition) is 1. The summed E-state index contributed by atoms with van der Waals surface area (Å²) in [7, 11) is 2.84. The van der Waals surface area contributed by atoms with Crippen molar-refractivity contribution in [2.24, 2.45) is 0 Å². The molecule has 0 aliphatic heterocycles. The maximum absolute atomic E-state index is 13.8. The van der Waals surface area contributed by atoms with Gasteiger partial charge in [0.2, 0.25) is 0 Å². The average molecular weight is 505 g/mol. The molecule has 0 bridgehead atoms. The summed E-state index contributed by atoms with van der Waals surface area (Å²) >= 11 is 0. The Kier molecular flexibility index (Phi) is 6.29. The van der Waals surface area contributed by atoms with Gasteiger partial charge in [0.25, 0.3) is 5.91 Å². The normalized spacial score (nSPS) is 12.0. The van der Waals surface area contributed by atoms with Gasteiger partial charge >= 0.3 is 12.4 Å². The van der Waals surface area contributed by atoms with Gasteiger partial charge in [0.05, 0.1) is 33.6 Å². The summed E-state index contributed by atoms with van der Waals surface area (Å²) in [5, 5.41) is 3.39. The van der Waals surface area contributed by atoms with Gasteiger partial charge in [0.1, 0.15) is 5.82 Å². The Morgan fingerprint density at radius 1 is 0.861 bits per heavy atom. The third kappa shape index (κ3) is 5.07. The minimum absolute atomic E-state index is 0.121. The molecular weight excluding hydrogens is 488 g/mol. The Morgan fingerprint density at radius 3 is 2.22 bits per heavy atom. The van der Waals surface area contributed by atoms with Gasteiger partial charge in [-0.15, -0.1) is 0 Å². The molecule has 12 heteroatoms. The highest BCUT2D eigenvalue weighted by atomic mass is 19.4. The summed E-state index contributed by atoms with van der Waals surface area (Å²) in [6.07, 6.45) is -6.12. The van der Waals surface area contributed by atoms with Gasteiger partial charge in [-0.1, -0.05) is 12.1 Å². The lowest BCUT2D eigenvalue weighted by atomic mass is 10.0. The number of aromatic nitrogens is 3. The van der Waals surface area contributed by atoms with Crippen molar-refractivity contribution < 1.29 is 31.1 Å². The van der Waals surface area contributed by atoms with Crippen LogP contribution in [0.4, 0.5) is 37.8 Å². The Morgan fingerprint density at radius 2 is 1.61 bits per heavy atom. The molecule has 0 aliphatic rings. The maximum Gasteiger partial charge on any atom is 0.418 e. The Hall–Kier alpha value is -4.22. The predicted octanol–water partition coefficient (Wildman–Crippen LogP) is 6.17. The number of pyridine rings is 3. The van der Waals surface area contributed by atoms with E-state index in [0.717, 1.165) is 23.2 Å². The number of anilines is 2. The number of carbonyl (C=O) groups excluding carboxylic acids is 1. The van der Waals surface area contributed by atoms with Crippen molar-refractivity contribution in [3.63, 3.8) is 0 Å². The van der Waals surface area contributed by atoms with Crippen molar-refractivity contribution in [3.8, 4) is 11.3 Å². The van der Waals surface area contributed by atoms with Crippen LogP contribution in [0.15, 0.2) is 61.1 Å². The van der Waals surface area contributed by atoms with Gasteiger partial charge in [-0.25, -0.2) is 4.98 Å². The molecule has 36 heavy (non-hydrogen) atoms. The zero-order chi connectivity index (χ0) is 26.3. The SMILES string of the molecule is CN(C)C(=O)c1cnc(-c2ccc3c(Nc4ccc(C(F)(F)F)cn4)ccnc3c2)c(C(F)(F)F)c1. The van der Waals surface area contributed by atoms with Crippen LogP contribution in [0.5, 0.6) is 0 Å². The highest BCUT2D eigenvalue weighted by molar-refractivity contribution is 5.96. The lowest BCUT2D eigenvalue weighted by molar-refractivity contribution is -0.138. The maximum atomic E-state index is 13.8. The number of nitrogens with one attached hydrogen (secondary N) is 1. The molecule has 3 aromatic heterocycles. The average Bonchev–Trinajstić information content (AvgIpc) is 2.82. The monoisotopic (exact) mass is 505 g/mol. The molecule has 0 unspecified atom stereocenters. The first-order valence-corrected chi connectivity index (χ1v) is 10.3. The fourth-order valence-corrected chi connectivity index (χ4v) is 3.46. The van der Waals surface area contributed by atoms with Crippen molar-refractivity contribution >= 4 is 28.3 Å². The number of carbonyl (C=O) groups is 1. The molecule has 4 aromatic rings. The zero-order valence-corrected chi connectivity index (χ0v) is 18.7. The van der Waals surface area contributed by atoms with Crippen LogP contribution >= 0.6 is 0 Å². The summed E-state index contributed by atoms with van der Waals surface area (Å²) < 4.78 is 79.8. The second kappa shape index (κ2) is 9.10. The van der Waals surface area contributed by atoms with Crippen LogP contribution in [0.25, 0.3) is 22.2 Å². The molecule has 0 saturated carbocycles. The molecule has 186 valence electrons. The number of fused-ring (bicyclic) bond motifs is 1. The van der Waals surface area contributed by atoms with E-state index in [0.29, 0.717) is 22.8 Å². The van der Waals surface area contributed by atoms with E-state index in [1.165, 1.54) is 44.6 Å². The Balaban J connectivity index is 1.72. The van der Waals surface area contributed by atoms with Gasteiger partial charge in [0.15, 0.2) is 0 Å². The lowest BCUT2D eigenvalue weighted by Gasteiger charge is -2.16. The fraction of sp³-hybridized carbons (Fsp3) is 0.167. The number of hydrogen-bond acceptors (Lipinski definition) is 5. The van der Waals surface area contributed by atoms with Gasteiger partial charge in [-0.3, -0.25) is 14.8 Å². The van der Waals surface area contributed by atoms with Crippen LogP contribution in [0.1, 0.15) is 21.5 Å². The fourth-order valence-electron chi connectivity index (χ4n) is 3.46. The van der Waals surface area contributed by atoms with E-state index in [1.807, 2.05) is 0 Å². The van der Waals surface area contributed by atoms with Gasteiger partial charge < -0.3 is 10.2 Å². The van der Waals surface area contributed by atoms with Crippen molar-refractivity contribution in [1.82, 2.24) is 19.9 Å². The number of alkyl halides is 6. The lowest BCUT2D eigenvalue weighted by Crippen LogP contribution is -2.23. The first-order chi connectivity index (χ1) is 16.8. The topological polar surface area (TPSA) is 71.0 Å². The smallest absolute Gasteiger partial charge is 0.345 e.